The smallest absolute Gasteiger partial charge is 0.489 e. The molecule has 0 spiro atoms. The first-order valence-corrected chi connectivity index (χ1v) is 44.7. The van der Waals surface area contributed by atoms with E-state index in [0.717, 1.165) is 77.8 Å². The predicted octanol–water partition coefficient (Wildman–Crippen LogP) is 10.8. The van der Waals surface area contributed by atoms with Crippen LogP contribution in [0, 0.1) is 17.5 Å². The molecule has 2 N–H and O–H groups in total. The molecule has 6 aromatic heterocycles. The van der Waals surface area contributed by atoms with Crippen LogP contribution in [-0.4, -0.2) is 274 Å². The van der Waals surface area contributed by atoms with Gasteiger partial charge in [-0.15, -0.1) is 0 Å². The highest BCUT2D eigenvalue weighted by molar-refractivity contribution is 6.58. The largest absolute Gasteiger partial charge is 0.491 e. The number of likely N-dealkylation sites (tertiary alicyclic amines) is 3. The number of benzene rings is 3. The van der Waals surface area contributed by atoms with Crippen LogP contribution in [0.15, 0.2) is 99.8 Å². The molecule has 127 heavy (non-hydrogen) atoms. The van der Waals surface area contributed by atoms with E-state index >= 15 is 4.39 Å². The van der Waals surface area contributed by atoms with E-state index < -0.39 is 53.2 Å². The lowest BCUT2D eigenvalue weighted by molar-refractivity contribution is -0.126. The average Bonchev–Trinajstić information content (AvgIpc) is 1.71. The van der Waals surface area contributed by atoms with Gasteiger partial charge in [-0.25, -0.2) is 52.1 Å². The van der Waals surface area contributed by atoms with Crippen LogP contribution >= 0.6 is 46.4 Å². The average molecular weight is 1830 g/mol. The molecule has 0 aliphatic carbocycles. The van der Waals surface area contributed by atoms with Crippen LogP contribution < -0.4 is 51.4 Å². The topological polar surface area (TPSA) is 310 Å². The van der Waals surface area contributed by atoms with Gasteiger partial charge in [-0.1, -0.05) is 116 Å². The van der Waals surface area contributed by atoms with Crippen molar-refractivity contribution in [1.29, 1.82) is 0 Å². The number of piperazine rings is 3. The molecule has 676 valence electrons. The van der Waals surface area contributed by atoms with Crippen molar-refractivity contribution in [2.24, 2.45) is 0 Å². The highest BCUT2D eigenvalue weighted by Crippen LogP contribution is 2.49. The van der Waals surface area contributed by atoms with Crippen molar-refractivity contribution < 1.29 is 61.3 Å². The number of carbonyl (C=O) groups excluding carboxylic acids is 3. The van der Waals surface area contributed by atoms with Crippen LogP contribution in [0.5, 0.6) is 17.2 Å². The van der Waals surface area contributed by atoms with Gasteiger partial charge >= 0.3 is 36.4 Å². The van der Waals surface area contributed by atoms with Crippen LogP contribution in [0.1, 0.15) is 101 Å². The van der Waals surface area contributed by atoms with Crippen LogP contribution in [0.4, 0.5) is 40.2 Å². The molecule has 6 saturated heterocycles. The number of hydrogen-bond donors (Lipinski definition) is 2. The normalized spacial score (nSPS) is 20.4. The number of rotatable bonds is 13. The second-order valence-electron chi connectivity index (χ2n) is 34.8. The fourth-order valence-corrected chi connectivity index (χ4v) is 19.3. The molecule has 3 aromatic carbocycles. The van der Waals surface area contributed by atoms with Crippen molar-refractivity contribution in [2.45, 2.75) is 168 Å². The highest BCUT2D eigenvalue weighted by atomic mass is 35.5. The number of aromatic nitrogens is 9. The van der Waals surface area contributed by atoms with Crippen LogP contribution in [0.25, 0.3) is 55.6 Å². The quantitative estimate of drug-likeness (QED) is 0.0615. The molecular weight excluding hydrogens is 1730 g/mol. The monoisotopic (exact) mass is 1830 g/mol. The second-order valence-corrected chi connectivity index (χ2v) is 36.3. The lowest BCUT2D eigenvalue weighted by atomic mass is 9.80. The molecule has 6 atom stereocenters. The molecule has 9 aromatic rings. The Hall–Kier alpha value is -10.1. The lowest BCUT2D eigenvalue weighted by Gasteiger charge is -2.41. The molecule has 0 unspecified atom stereocenters. The molecule has 0 bridgehead atoms. The zero-order valence-corrected chi connectivity index (χ0v) is 75.5. The first-order chi connectivity index (χ1) is 60.7. The zero-order valence-electron chi connectivity index (χ0n) is 72.4. The van der Waals surface area contributed by atoms with Crippen LogP contribution in [0.2, 0.25) is 20.2 Å². The molecule has 39 heteroatoms. The van der Waals surface area contributed by atoms with Gasteiger partial charge in [0.25, 0.3) is 0 Å². The summed E-state index contributed by atoms with van der Waals surface area (Å²) in [4.78, 5) is 125. The van der Waals surface area contributed by atoms with E-state index in [-0.39, 0.29) is 122 Å². The van der Waals surface area contributed by atoms with Gasteiger partial charge in [-0.05, 0) is 156 Å². The van der Waals surface area contributed by atoms with Crippen molar-refractivity contribution in [3.05, 3.63) is 155 Å². The summed E-state index contributed by atoms with van der Waals surface area (Å²) < 4.78 is 77.4. The van der Waals surface area contributed by atoms with Gasteiger partial charge in [0.15, 0.2) is 39.3 Å². The van der Waals surface area contributed by atoms with Gasteiger partial charge in [0.1, 0.15) is 97.2 Å². The maximum absolute atomic E-state index is 15.1. The molecule has 15 heterocycles. The summed E-state index contributed by atoms with van der Waals surface area (Å²) >= 11 is 26.8. The summed E-state index contributed by atoms with van der Waals surface area (Å²) in [5, 5.41) is 19.3. The standard InChI is InChI=1S/C30H36ClFN6O4.C28H30ClFN6O3.C24H32Cl2N6O4.C6H6BFO2/c1-5-35-12-8-9-18(35)16-38-26-22-25(23(31)24(33-26)20-10-6-7-11-21(20)32)41-17-19-15-36(29(40)42-30(2,3)4)13-14-37(19)27(22)34-28(38)39;1-3-21(37)34-12-13-35-18(14-34)16-39-25-22-26(31-24(23(25)29)19-9-5-6-10-20(19)30)36(28(38)32-27(22)35)15-17-8-7-11-33(17)4-2;1-5-29-8-6-7-14(29)12-32-20-16-18(17(25)19(26)27-20)35-13-15-11-30(23(34)36-24(2,3)4)9-10-31(15)21(16)28-22(32)33;8-6-4-2-1-3-5(6)7(9)10/h6-7,10-11,18-19H,5,8-9,12-17H2,1-4H3;3,5-6,9-10,17-18H,1,4,7-8,11-16H2,2H3;14-15H,5-13H2,1-4H3;1-4,9-10H/t18-,19+;17-,18+;14-,15+;/m000./s1. The molecule has 3 amide bonds. The Balaban J connectivity index is 0.000000139. The zero-order chi connectivity index (χ0) is 90.4. The third kappa shape index (κ3) is 19.1. The number of fused-ring (bicyclic) bond motifs is 6. The molecule has 9 aliphatic rings. The van der Waals surface area contributed by atoms with E-state index in [1.54, 1.807) is 64.8 Å². The number of nitrogens with zero attached hydrogens (tertiary/aromatic N) is 18. The molecule has 6 fully saturated rings. The number of amides is 3. The molecule has 18 rings (SSSR count). The van der Waals surface area contributed by atoms with Crippen molar-refractivity contribution in [2.75, 3.05) is 133 Å². The third-order valence-corrected chi connectivity index (χ3v) is 26.0. The van der Waals surface area contributed by atoms with Crippen LogP contribution in [-0.2, 0) is 33.9 Å². The summed E-state index contributed by atoms with van der Waals surface area (Å²) in [6.45, 7) is 32.1. The Kier molecular flexibility index (Phi) is 27.6. The predicted molar refractivity (Wildman–Crippen MR) is 482 cm³/mol. The van der Waals surface area contributed by atoms with Crippen molar-refractivity contribution in [1.82, 2.24) is 73.0 Å². The SMILES string of the molecule is C=CC(=O)N1CCN2c3nc(=O)n(C[C@@H]4CCCN4CC)c4nc(-c5ccccc5F)c(Cl)c(c34)OC[C@H]2C1.CCN1CCC[C@H]1Cn1c(=O)nc2c3c(c(Cl)c(-c4ccccc4F)nc31)OC[C@H]1CN(C(=O)OC(C)(C)C)CCN21.CCN1CCC[C@H]1Cn1c(=O)nc2c3c(c(Cl)c(Cl)nc31)OC[C@H]1CN(C(=O)OC(C)(C)C)CCN21.OB(O)c1ccccc1F. The van der Waals surface area contributed by atoms with E-state index in [1.807, 2.05) is 56.2 Å². The molecule has 9 aliphatic heterocycles. The van der Waals surface area contributed by atoms with E-state index in [1.165, 1.54) is 42.5 Å². The maximum atomic E-state index is 15.1. The molecule has 31 nitrogen and oxygen atoms in total. The van der Waals surface area contributed by atoms with Crippen molar-refractivity contribution in [3.63, 3.8) is 0 Å². The van der Waals surface area contributed by atoms with Gasteiger partial charge in [-0.2, -0.15) is 15.0 Å². The first kappa shape index (κ1) is 91.6. The fourth-order valence-electron chi connectivity index (χ4n) is 18.4. The third-order valence-electron chi connectivity index (χ3n) is 24.6. The second kappa shape index (κ2) is 38.3. The Bertz CT molecular complexity index is 5890. The number of carbonyl (C=O) groups is 3. The van der Waals surface area contributed by atoms with Crippen molar-refractivity contribution in [3.8, 4) is 39.8 Å². The van der Waals surface area contributed by atoms with Crippen LogP contribution in [0.3, 0.4) is 0 Å². The van der Waals surface area contributed by atoms with Gasteiger partial charge in [0, 0.05) is 113 Å². The molecule has 0 saturated carbocycles. The van der Waals surface area contributed by atoms with Gasteiger partial charge in [0.05, 0.1) is 29.5 Å². The Morgan fingerprint density at radius 3 is 1.16 bits per heavy atom. The number of ether oxygens (including phenoxy) is 5. The van der Waals surface area contributed by atoms with Gasteiger partial charge < -0.3 is 63.1 Å². The maximum Gasteiger partial charge on any atom is 0.491 e. The number of likely N-dealkylation sites (N-methyl/N-ethyl adjacent to an activating group) is 3. The number of pyridine rings is 3. The Morgan fingerprint density at radius 1 is 0.480 bits per heavy atom. The fraction of sp³-hybridized carbons (Fsp3) is 0.500. The number of halogens is 7. The minimum atomic E-state index is -1.72. The number of anilines is 3. The lowest BCUT2D eigenvalue weighted by Crippen LogP contribution is -2.57. The Morgan fingerprint density at radius 2 is 0.819 bits per heavy atom. The number of hydrogen-bond acceptors (Lipinski definition) is 25. The van der Waals surface area contributed by atoms with Gasteiger partial charge in [-0.3, -0.25) is 33.2 Å². The summed E-state index contributed by atoms with van der Waals surface area (Å²) in [6, 6.07) is 17.8. The summed E-state index contributed by atoms with van der Waals surface area (Å²) in [5.74, 6) is 0.619. The minimum absolute atomic E-state index is 0.0819. The summed E-state index contributed by atoms with van der Waals surface area (Å²) in [6.07, 6.45) is 6.63. The van der Waals surface area contributed by atoms with E-state index in [4.69, 9.17) is 90.1 Å². The summed E-state index contributed by atoms with van der Waals surface area (Å²) in [5.41, 5.74) is -0.538. The Labute approximate surface area is 752 Å². The minimum Gasteiger partial charge on any atom is -0.489 e. The first-order valence-electron chi connectivity index (χ1n) is 43.2. The van der Waals surface area contributed by atoms with E-state index in [2.05, 4.69) is 62.0 Å². The molecular formula is C88H104BCl4F3N18O13. The molecule has 0 radical (unpaired) electrons. The van der Waals surface area contributed by atoms with E-state index in [9.17, 15) is 37.5 Å². The van der Waals surface area contributed by atoms with Gasteiger partial charge in [0.2, 0.25) is 5.91 Å². The van der Waals surface area contributed by atoms with Crippen molar-refractivity contribution >= 4 is 128 Å². The summed E-state index contributed by atoms with van der Waals surface area (Å²) in [7, 11) is -1.72. The highest BCUT2D eigenvalue weighted by Gasteiger charge is 2.44. The van der Waals surface area contributed by atoms with E-state index in [0.29, 0.717) is 146 Å².